The molecule has 0 spiro atoms. The zero-order valence-electron chi connectivity index (χ0n) is 24.1. The largest absolute Gasteiger partial charge is 0.456 e. The van der Waals surface area contributed by atoms with Crippen LogP contribution in [-0.4, -0.2) is 15.0 Å². The molecule has 0 bridgehead atoms. The van der Waals surface area contributed by atoms with Crippen molar-refractivity contribution >= 4 is 27.6 Å². The van der Waals surface area contributed by atoms with Gasteiger partial charge < -0.3 is 4.42 Å². The predicted molar refractivity (Wildman–Crippen MR) is 181 cm³/mol. The Morgan fingerprint density at radius 1 is 0.400 bits per heavy atom. The van der Waals surface area contributed by atoms with Crippen LogP contribution in [0.1, 0.15) is 0 Å². The van der Waals surface area contributed by atoms with Gasteiger partial charge in [-0.25, -0.2) is 19.8 Å². The molecule has 8 aromatic rings. The van der Waals surface area contributed by atoms with Crippen LogP contribution in [0.2, 0.25) is 0 Å². The molecule has 0 amide bonds. The fourth-order valence-corrected chi connectivity index (χ4v) is 5.61. The number of hydrogen-bond donors (Lipinski definition) is 0. The van der Waals surface area contributed by atoms with Crippen LogP contribution in [0.15, 0.2) is 150 Å². The molecule has 0 aliphatic heterocycles. The quantitative estimate of drug-likeness (QED) is 0.191. The number of furan rings is 1. The second-order valence-corrected chi connectivity index (χ2v) is 10.8. The lowest BCUT2D eigenvalue weighted by atomic mass is 9.99. The smallest absolute Gasteiger partial charge is 0.187 e. The first-order valence-corrected chi connectivity index (χ1v) is 14.6. The molecule has 5 nitrogen and oxygen atoms in total. The second kappa shape index (κ2) is 11.0. The Morgan fingerprint density at radius 3 is 1.22 bits per heavy atom. The van der Waals surface area contributed by atoms with Gasteiger partial charge in [-0.05, 0) is 46.5 Å². The van der Waals surface area contributed by atoms with Crippen molar-refractivity contribution in [1.29, 1.82) is 0 Å². The van der Waals surface area contributed by atoms with E-state index in [1.165, 1.54) is 0 Å². The molecule has 0 saturated carbocycles. The number of nitrogens with zero attached hydrogens (tertiary/aromatic N) is 4. The van der Waals surface area contributed by atoms with Crippen molar-refractivity contribution in [1.82, 2.24) is 15.0 Å². The minimum absolute atomic E-state index is 0.627. The van der Waals surface area contributed by atoms with Crippen LogP contribution in [0, 0.1) is 6.57 Å². The second-order valence-electron chi connectivity index (χ2n) is 10.8. The molecule has 5 heteroatoms. The molecule has 0 radical (unpaired) electrons. The van der Waals surface area contributed by atoms with E-state index in [0.29, 0.717) is 23.2 Å². The van der Waals surface area contributed by atoms with Crippen molar-refractivity contribution in [2.24, 2.45) is 0 Å². The number of rotatable bonds is 5. The Kier molecular flexibility index (Phi) is 6.44. The van der Waals surface area contributed by atoms with Gasteiger partial charge in [0.2, 0.25) is 0 Å². The summed E-state index contributed by atoms with van der Waals surface area (Å²) in [6.07, 6.45) is 0. The van der Waals surface area contributed by atoms with Gasteiger partial charge in [-0.2, -0.15) is 0 Å². The topological polar surface area (TPSA) is 56.2 Å². The first-order valence-electron chi connectivity index (χ1n) is 14.6. The van der Waals surface area contributed by atoms with E-state index in [0.717, 1.165) is 60.9 Å². The average Bonchev–Trinajstić information content (AvgIpc) is 3.49. The van der Waals surface area contributed by atoms with Gasteiger partial charge in [0.05, 0.1) is 6.57 Å². The number of fused-ring (bicyclic) bond motifs is 3. The van der Waals surface area contributed by atoms with Gasteiger partial charge in [-0.1, -0.05) is 121 Å². The Bertz CT molecular complexity index is 2300. The van der Waals surface area contributed by atoms with Crippen molar-refractivity contribution in [3.8, 4) is 56.4 Å². The fraction of sp³-hybridized carbons (Fsp3) is 0. The van der Waals surface area contributed by atoms with Crippen LogP contribution in [0.5, 0.6) is 0 Å². The normalized spacial score (nSPS) is 11.1. The Hall–Kier alpha value is -6.38. The summed E-state index contributed by atoms with van der Waals surface area (Å²) in [6, 6.07) is 48.6. The van der Waals surface area contributed by atoms with E-state index in [9.17, 15) is 0 Å². The lowest BCUT2D eigenvalue weighted by Gasteiger charge is -2.09. The zero-order valence-corrected chi connectivity index (χ0v) is 24.1. The third-order valence-corrected chi connectivity index (χ3v) is 7.97. The van der Waals surface area contributed by atoms with Crippen molar-refractivity contribution in [2.45, 2.75) is 0 Å². The Balaban J connectivity index is 1.16. The van der Waals surface area contributed by atoms with Gasteiger partial charge in [0.1, 0.15) is 11.2 Å². The summed E-state index contributed by atoms with van der Waals surface area (Å²) in [5, 5.41) is 2.12. The molecule has 0 fully saturated rings. The van der Waals surface area contributed by atoms with E-state index in [2.05, 4.69) is 53.4 Å². The van der Waals surface area contributed by atoms with E-state index in [1.807, 2.05) is 97.1 Å². The molecule has 0 unspecified atom stereocenters. The van der Waals surface area contributed by atoms with Gasteiger partial charge in [0, 0.05) is 27.5 Å². The van der Waals surface area contributed by atoms with Crippen LogP contribution in [-0.2, 0) is 0 Å². The highest BCUT2D eigenvalue weighted by Gasteiger charge is 2.14. The van der Waals surface area contributed by atoms with Crippen LogP contribution >= 0.6 is 0 Å². The summed E-state index contributed by atoms with van der Waals surface area (Å²) in [5.41, 5.74) is 9.45. The highest BCUT2D eigenvalue weighted by atomic mass is 16.3. The predicted octanol–water partition coefficient (Wildman–Crippen LogP) is 10.7. The number of benzene rings is 6. The maximum Gasteiger partial charge on any atom is 0.187 e. The molecule has 0 aliphatic rings. The molecule has 8 rings (SSSR count). The number of aromatic nitrogens is 3. The monoisotopic (exact) mass is 576 g/mol. The fourth-order valence-electron chi connectivity index (χ4n) is 5.61. The van der Waals surface area contributed by atoms with E-state index in [4.69, 9.17) is 25.9 Å². The standard InChI is InChI=1S/C40H24N4O/c1-41-33-20-16-27(17-21-33)32-19-23-37-35(25-32)34-24-31(18-22-36(34)45-37)26-12-14-30(15-13-26)40-43-38(28-8-4-2-5-9-28)42-39(44-40)29-10-6-3-7-11-29/h2-25H. The summed E-state index contributed by atoms with van der Waals surface area (Å²) >= 11 is 0. The molecule has 0 saturated heterocycles. The first-order chi connectivity index (χ1) is 22.2. The maximum absolute atomic E-state index is 7.23. The van der Waals surface area contributed by atoms with Crippen molar-refractivity contribution in [3.05, 3.63) is 157 Å². The number of hydrogen-bond acceptors (Lipinski definition) is 4. The third-order valence-electron chi connectivity index (χ3n) is 7.97. The van der Waals surface area contributed by atoms with Crippen molar-refractivity contribution < 1.29 is 4.42 Å². The Morgan fingerprint density at radius 2 is 0.778 bits per heavy atom. The van der Waals surface area contributed by atoms with Gasteiger partial charge >= 0.3 is 0 Å². The molecule has 0 aliphatic carbocycles. The van der Waals surface area contributed by atoms with Gasteiger partial charge in [-0.3, -0.25) is 0 Å². The molecule has 6 aromatic carbocycles. The molecular weight excluding hydrogens is 552 g/mol. The molecule has 2 aromatic heterocycles. The van der Waals surface area contributed by atoms with Gasteiger partial charge in [0.15, 0.2) is 23.2 Å². The highest BCUT2D eigenvalue weighted by Crippen LogP contribution is 2.36. The molecule has 0 N–H and O–H groups in total. The molecule has 210 valence electrons. The highest BCUT2D eigenvalue weighted by molar-refractivity contribution is 6.07. The molecule has 0 atom stereocenters. The van der Waals surface area contributed by atoms with Gasteiger partial charge in [0.25, 0.3) is 0 Å². The summed E-state index contributed by atoms with van der Waals surface area (Å²) < 4.78 is 6.18. The summed E-state index contributed by atoms with van der Waals surface area (Å²) in [6.45, 7) is 7.23. The molecule has 45 heavy (non-hydrogen) atoms. The summed E-state index contributed by atoms with van der Waals surface area (Å²) in [7, 11) is 0. The van der Waals surface area contributed by atoms with E-state index in [1.54, 1.807) is 0 Å². The average molecular weight is 577 g/mol. The SMILES string of the molecule is [C-]#[N+]c1ccc(-c2ccc3oc4ccc(-c5ccc(-c6nc(-c7ccccc7)nc(-c7ccccc7)n6)cc5)cc4c3c2)cc1. The third kappa shape index (κ3) is 5.01. The van der Waals surface area contributed by atoms with Crippen LogP contribution in [0.4, 0.5) is 5.69 Å². The van der Waals surface area contributed by atoms with E-state index >= 15 is 0 Å². The summed E-state index contributed by atoms with van der Waals surface area (Å²) in [4.78, 5) is 18.0. The van der Waals surface area contributed by atoms with Crippen molar-refractivity contribution in [3.63, 3.8) is 0 Å². The van der Waals surface area contributed by atoms with Gasteiger partial charge in [-0.15, -0.1) is 0 Å². The van der Waals surface area contributed by atoms with E-state index in [-0.39, 0.29) is 0 Å². The first kappa shape index (κ1) is 26.3. The molecular formula is C40H24N4O. The minimum Gasteiger partial charge on any atom is -0.456 e. The zero-order chi connectivity index (χ0) is 30.2. The lowest BCUT2D eigenvalue weighted by Crippen LogP contribution is -2.00. The summed E-state index contributed by atoms with van der Waals surface area (Å²) in [5.74, 6) is 1.91. The van der Waals surface area contributed by atoms with Crippen molar-refractivity contribution in [2.75, 3.05) is 0 Å². The molecule has 2 heterocycles. The minimum atomic E-state index is 0.627. The van der Waals surface area contributed by atoms with Crippen LogP contribution in [0.25, 0.3) is 83.2 Å². The van der Waals surface area contributed by atoms with Crippen LogP contribution < -0.4 is 0 Å². The lowest BCUT2D eigenvalue weighted by molar-refractivity contribution is 0.669. The van der Waals surface area contributed by atoms with E-state index < -0.39 is 0 Å². The Labute approximate surface area is 260 Å². The maximum atomic E-state index is 7.23. The van der Waals surface area contributed by atoms with Crippen LogP contribution in [0.3, 0.4) is 0 Å².